The summed E-state index contributed by atoms with van der Waals surface area (Å²) in [4.78, 5) is 42.6. The molecule has 1 heterocycles. The van der Waals surface area contributed by atoms with Gasteiger partial charge in [-0.25, -0.2) is 4.79 Å². The first-order valence-corrected chi connectivity index (χ1v) is 9.34. The Bertz CT molecular complexity index is 753. The van der Waals surface area contributed by atoms with Crippen molar-refractivity contribution in [3.05, 3.63) is 41.5 Å². The van der Waals surface area contributed by atoms with Gasteiger partial charge in [-0.1, -0.05) is 43.7 Å². The number of hydroxylamine groups is 2. The van der Waals surface area contributed by atoms with E-state index in [-0.39, 0.29) is 13.2 Å². The predicted molar refractivity (Wildman–Crippen MR) is 103 cm³/mol. The van der Waals surface area contributed by atoms with E-state index in [1.165, 1.54) is 6.92 Å². The molecule has 7 nitrogen and oxygen atoms in total. The number of esters is 2. The fraction of sp³-hybridized carbons (Fsp3) is 0.476. The lowest BCUT2D eigenvalue weighted by Gasteiger charge is -2.38. The zero-order chi connectivity index (χ0) is 20.7. The quantitative estimate of drug-likeness (QED) is 0.502. The number of unbranched alkanes of at least 4 members (excludes halogenated alkanes) is 1. The Kier molecular flexibility index (Phi) is 7.34. The van der Waals surface area contributed by atoms with Gasteiger partial charge >= 0.3 is 11.9 Å². The Balaban J connectivity index is 2.33. The lowest BCUT2D eigenvalue weighted by Crippen LogP contribution is -2.55. The second-order valence-corrected chi connectivity index (χ2v) is 7.05. The summed E-state index contributed by atoms with van der Waals surface area (Å²) >= 11 is 0. The molecular weight excluding hydrogens is 362 g/mol. The van der Waals surface area contributed by atoms with Crippen molar-refractivity contribution in [1.82, 2.24) is 5.06 Å². The maximum absolute atomic E-state index is 13.3. The molecule has 28 heavy (non-hydrogen) atoms. The maximum Gasteiger partial charge on any atom is 0.334 e. The Morgan fingerprint density at radius 3 is 2.46 bits per heavy atom. The third kappa shape index (κ3) is 4.98. The van der Waals surface area contributed by atoms with Gasteiger partial charge in [-0.3, -0.25) is 14.4 Å². The molecule has 1 aliphatic rings. The van der Waals surface area contributed by atoms with Crippen LogP contribution in [0.3, 0.4) is 0 Å². The third-order valence-corrected chi connectivity index (χ3v) is 4.37. The molecule has 2 rings (SSSR count). The van der Waals surface area contributed by atoms with Crippen LogP contribution >= 0.6 is 0 Å². The summed E-state index contributed by atoms with van der Waals surface area (Å²) in [5.41, 5.74) is 0.260. The SMILES string of the molecule is CCCCOC(=O)C(C)(C)N1OCC(COC(C)=O)=C(c2ccccc2)C1=O. The monoisotopic (exact) mass is 389 g/mol. The minimum absolute atomic E-state index is 0.0227. The van der Waals surface area contributed by atoms with E-state index in [9.17, 15) is 14.4 Å². The zero-order valence-electron chi connectivity index (χ0n) is 16.8. The van der Waals surface area contributed by atoms with Crippen molar-refractivity contribution in [2.45, 2.75) is 46.1 Å². The summed E-state index contributed by atoms with van der Waals surface area (Å²) < 4.78 is 10.4. The highest BCUT2D eigenvalue weighted by Crippen LogP contribution is 2.31. The average molecular weight is 389 g/mol. The molecule has 0 aromatic heterocycles. The van der Waals surface area contributed by atoms with Crippen LogP contribution in [0.5, 0.6) is 0 Å². The Hall–Kier alpha value is -2.67. The van der Waals surface area contributed by atoms with Gasteiger partial charge in [-0.15, -0.1) is 0 Å². The topological polar surface area (TPSA) is 82.1 Å². The molecule has 1 aromatic rings. The van der Waals surface area contributed by atoms with E-state index in [4.69, 9.17) is 14.3 Å². The van der Waals surface area contributed by atoms with Crippen molar-refractivity contribution < 1.29 is 28.7 Å². The number of hydrogen-bond acceptors (Lipinski definition) is 6. The Labute approximate surface area is 165 Å². The van der Waals surface area contributed by atoms with Gasteiger partial charge in [-0.2, -0.15) is 5.06 Å². The van der Waals surface area contributed by atoms with Crippen molar-refractivity contribution in [1.29, 1.82) is 0 Å². The first kappa shape index (κ1) is 21.6. The van der Waals surface area contributed by atoms with Crippen molar-refractivity contribution in [3.8, 4) is 0 Å². The van der Waals surface area contributed by atoms with Crippen LogP contribution in [0, 0.1) is 0 Å². The molecule has 0 aliphatic carbocycles. The van der Waals surface area contributed by atoms with E-state index in [1.807, 2.05) is 25.1 Å². The van der Waals surface area contributed by atoms with Gasteiger partial charge in [0.25, 0.3) is 5.91 Å². The van der Waals surface area contributed by atoms with E-state index >= 15 is 0 Å². The van der Waals surface area contributed by atoms with Gasteiger partial charge in [0, 0.05) is 12.5 Å². The van der Waals surface area contributed by atoms with Crippen LogP contribution in [0.15, 0.2) is 35.9 Å². The Morgan fingerprint density at radius 1 is 1.18 bits per heavy atom. The third-order valence-electron chi connectivity index (χ3n) is 4.37. The van der Waals surface area contributed by atoms with Crippen LogP contribution in [0.25, 0.3) is 5.57 Å². The normalized spacial score (nSPS) is 14.9. The fourth-order valence-corrected chi connectivity index (χ4v) is 2.75. The van der Waals surface area contributed by atoms with Crippen LogP contribution in [-0.2, 0) is 28.7 Å². The second kappa shape index (κ2) is 9.50. The van der Waals surface area contributed by atoms with E-state index in [1.54, 1.807) is 26.0 Å². The number of ether oxygens (including phenoxy) is 2. The molecule has 1 aliphatic heterocycles. The highest BCUT2D eigenvalue weighted by Gasteiger charge is 2.44. The van der Waals surface area contributed by atoms with Crippen LogP contribution in [0.2, 0.25) is 0 Å². The van der Waals surface area contributed by atoms with E-state index in [0.29, 0.717) is 23.3 Å². The molecule has 1 aromatic carbocycles. The number of amides is 1. The molecule has 0 fully saturated rings. The van der Waals surface area contributed by atoms with Crippen molar-refractivity contribution >= 4 is 23.4 Å². The van der Waals surface area contributed by atoms with Gasteiger partial charge < -0.3 is 9.47 Å². The van der Waals surface area contributed by atoms with Gasteiger partial charge in [0.15, 0.2) is 5.54 Å². The first-order chi connectivity index (χ1) is 13.3. The molecule has 0 bridgehead atoms. The predicted octanol–water partition coefficient (Wildman–Crippen LogP) is 2.90. The largest absolute Gasteiger partial charge is 0.464 e. The minimum atomic E-state index is -1.31. The molecule has 0 unspecified atom stereocenters. The lowest BCUT2D eigenvalue weighted by molar-refractivity contribution is -0.220. The number of hydrogen-bond donors (Lipinski definition) is 0. The van der Waals surface area contributed by atoms with Gasteiger partial charge in [0.2, 0.25) is 0 Å². The zero-order valence-corrected chi connectivity index (χ0v) is 16.8. The molecule has 0 N–H and O–H groups in total. The van der Waals surface area contributed by atoms with Crippen LogP contribution in [0.4, 0.5) is 0 Å². The highest BCUT2D eigenvalue weighted by atomic mass is 16.7. The van der Waals surface area contributed by atoms with E-state index < -0.39 is 23.4 Å². The van der Waals surface area contributed by atoms with Gasteiger partial charge in [0.1, 0.15) is 13.2 Å². The standard InChI is InChI=1S/C21H27NO6/c1-5-6-12-26-20(25)21(3,4)22-19(24)18(16-10-8-7-9-11-16)17(14-28-22)13-27-15(2)23/h7-11H,5-6,12-14H2,1-4H3. The molecule has 0 radical (unpaired) electrons. The number of nitrogens with zero attached hydrogens (tertiary/aromatic N) is 1. The first-order valence-electron chi connectivity index (χ1n) is 9.34. The summed E-state index contributed by atoms with van der Waals surface area (Å²) in [6.45, 7) is 6.72. The summed E-state index contributed by atoms with van der Waals surface area (Å²) in [6.07, 6.45) is 1.64. The Morgan fingerprint density at radius 2 is 1.86 bits per heavy atom. The smallest absolute Gasteiger partial charge is 0.334 e. The highest BCUT2D eigenvalue weighted by molar-refractivity contribution is 6.21. The summed E-state index contributed by atoms with van der Waals surface area (Å²) in [7, 11) is 0. The number of benzene rings is 1. The summed E-state index contributed by atoms with van der Waals surface area (Å²) in [5, 5.41) is 1.06. The number of carbonyl (C=O) groups excluding carboxylic acids is 3. The molecule has 0 spiro atoms. The van der Waals surface area contributed by atoms with Crippen LogP contribution in [-0.4, -0.2) is 48.3 Å². The van der Waals surface area contributed by atoms with Crippen molar-refractivity contribution in [2.24, 2.45) is 0 Å². The summed E-state index contributed by atoms with van der Waals surface area (Å²) in [5.74, 6) is -1.46. The molecule has 0 atom stereocenters. The second-order valence-electron chi connectivity index (χ2n) is 7.05. The fourth-order valence-electron chi connectivity index (χ4n) is 2.75. The lowest BCUT2D eigenvalue weighted by atomic mass is 9.96. The van der Waals surface area contributed by atoms with Crippen LogP contribution in [0.1, 0.15) is 46.1 Å². The average Bonchev–Trinajstić information content (AvgIpc) is 2.66. The van der Waals surface area contributed by atoms with Crippen LogP contribution < -0.4 is 0 Å². The maximum atomic E-state index is 13.3. The molecule has 0 saturated heterocycles. The van der Waals surface area contributed by atoms with Crippen molar-refractivity contribution in [3.63, 3.8) is 0 Å². The molecular formula is C21H27NO6. The van der Waals surface area contributed by atoms with Gasteiger partial charge in [0.05, 0.1) is 12.2 Å². The molecule has 152 valence electrons. The number of carbonyl (C=O) groups is 3. The number of rotatable bonds is 8. The minimum Gasteiger partial charge on any atom is -0.464 e. The molecule has 0 saturated carbocycles. The van der Waals surface area contributed by atoms with Gasteiger partial charge in [-0.05, 0) is 25.8 Å². The van der Waals surface area contributed by atoms with Crippen molar-refractivity contribution in [2.75, 3.05) is 19.8 Å². The summed E-state index contributed by atoms with van der Waals surface area (Å²) in [6, 6.07) is 9.03. The van der Waals surface area contributed by atoms with E-state index in [2.05, 4.69) is 0 Å². The molecule has 1 amide bonds. The van der Waals surface area contributed by atoms with E-state index in [0.717, 1.165) is 17.9 Å². The molecule has 7 heteroatoms.